The molecule has 1 aliphatic rings. The number of ether oxygens (including phenoxy) is 1. The number of nitrogens with one attached hydrogen (secondary N) is 1. The lowest BCUT2D eigenvalue weighted by Crippen LogP contribution is -2.46. The van der Waals surface area contributed by atoms with Gasteiger partial charge in [-0.05, 0) is 43.3 Å². The predicted octanol–water partition coefficient (Wildman–Crippen LogP) is 2.97. The summed E-state index contributed by atoms with van der Waals surface area (Å²) in [4.78, 5) is 38.0. The van der Waals surface area contributed by atoms with E-state index in [4.69, 9.17) is 4.74 Å². The summed E-state index contributed by atoms with van der Waals surface area (Å²) in [5.74, 6) is 0.185. The van der Waals surface area contributed by atoms with E-state index in [0.717, 1.165) is 37.4 Å². The topological polar surface area (TPSA) is 105 Å². The molecule has 1 aliphatic heterocycles. The zero-order chi connectivity index (χ0) is 24.9. The fourth-order valence-electron chi connectivity index (χ4n) is 4.30. The monoisotopic (exact) mass is 485 g/mol. The maximum Gasteiger partial charge on any atom is 0.338 e. The van der Waals surface area contributed by atoms with Gasteiger partial charge in [-0.2, -0.15) is 5.10 Å². The molecule has 5 rings (SSSR count). The SMILES string of the molecule is CCOC(=O)c1ccc(NC(=O)Cn2ncc3c(N4CCN(c5ccccc5)CC4)ncnc32)cc1. The maximum absolute atomic E-state index is 12.7. The van der Waals surface area contributed by atoms with Gasteiger partial charge in [-0.25, -0.2) is 19.4 Å². The molecule has 4 aromatic rings. The van der Waals surface area contributed by atoms with Crippen LogP contribution < -0.4 is 15.1 Å². The minimum Gasteiger partial charge on any atom is -0.462 e. The van der Waals surface area contributed by atoms with E-state index in [2.05, 4.69) is 54.4 Å². The van der Waals surface area contributed by atoms with Crippen molar-refractivity contribution in [2.75, 3.05) is 47.9 Å². The molecule has 10 nitrogen and oxygen atoms in total. The normalized spacial score (nSPS) is 13.6. The standard InChI is InChI=1S/C26H27N7O3/c1-2-36-26(35)19-8-10-20(11-9-19)30-23(34)17-33-25-22(16-29-33)24(27-18-28-25)32-14-12-31(13-15-32)21-6-4-3-5-7-21/h3-11,16,18H,2,12-15,17H2,1H3,(H,30,34). The summed E-state index contributed by atoms with van der Waals surface area (Å²) in [5, 5.41) is 8.05. The van der Waals surface area contributed by atoms with E-state index in [-0.39, 0.29) is 12.5 Å². The minimum absolute atomic E-state index is 0.00136. The molecule has 0 radical (unpaired) electrons. The summed E-state index contributed by atoms with van der Waals surface area (Å²) in [6.07, 6.45) is 3.24. The number of hydrogen-bond acceptors (Lipinski definition) is 8. The van der Waals surface area contributed by atoms with E-state index in [9.17, 15) is 9.59 Å². The molecule has 1 N–H and O–H groups in total. The number of esters is 1. The molecule has 3 heterocycles. The molecule has 2 aromatic heterocycles. The average Bonchev–Trinajstić information content (AvgIpc) is 3.32. The number of carbonyl (C=O) groups is 2. The van der Waals surface area contributed by atoms with E-state index >= 15 is 0 Å². The highest BCUT2D eigenvalue weighted by molar-refractivity contribution is 5.94. The molecule has 0 bridgehead atoms. The van der Waals surface area contributed by atoms with E-state index in [1.54, 1.807) is 42.1 Å². The second kappa shape index (κ2) is 10.4. The number of para-hydroxylation sites is 1. The Balaban J connectivity index is 1.24. The van der Waals surface area contributed by atoms with Gasteiger partial charge in [-0.15, -0.1) is 0 Å². The quantitative estimate of drug-likeness (QED) is 0.399. The van der Waals surface area contributed by atoms with Crippen molar-refractivity contribution in [3.05, 3.63) is 72.7 Å². The van der Waals surface area contributed by atoms with Gasteiger partial charge in [0.25, 0.3) is 0 Å². The van der Waals surface area contributed by atoms with Gasteiger partial charge in [0.15, 0.2) is 5.65 Å². The Morgan fingerprint density at radius 3 is 2.39 bits per heavy atom. The first kappa shape index (κ1) is 23.3. The Hall–Kier alpha value is -4.47. The molecule has 184 valence electrons. The first-order valence-corrected chi connectivity index (χ1v) is 11.9. The van der Waals surface area contributed by atoms with Crippen LogP contribution in [0.1, 0.15) is 17.3 Å². The summed E-state index contributed by atoms with van der Waals surface area (Å²) in [6, 6.07) is 17.0. The number of anilines is 3. The Bertz CT molecular complexity index is 1350. The van der Waals surface area contributed by atoms with Crippen molar-refractivity contribution in [2.45, 2.75) is 13.5 Å². The zero-order valence-electron chi connectivity index (χ0n) is 20.0. The van der Waals surface area contributed by atoms with Gasteiger partial charge in [0.05, 0.1) is 23.8 Å². The van der Waals surface area contributed by atoms with E-state index < -0.39 is 5.97 Å². The lowest BCUT2D eigenvalue weighted by atomic mass is 10.2. The number of amides is 1. The van der Waals surface area contributed by atoms with E-state index in [1.807, 2.05) is 6.07 Å². The second-order valence-electron chi connectivity index (χ2n) is 8.39. The van der Waals surface area contributed by atoms with Crippen LogP contribution in [0.5, 0.6) is 0 Å². The average molecular weight is 486 g/mol. The summed E-state index contributed by atoms with van der Waals surface area (Å²) in [6.45, 7) is 5.50. The number of hydrogen-bond donors (Lipinski definition) is 1. The number of piperazine rings is 1. The number of fused-ring (bicyclic) bond motifs is 1. The van der Waals surface area contributed by atoms with Crippen molar-refractivity contribution in [2.24, 2.45) is 0 Å². The maximum atomic E-state index is 12.7. The van der Waals surface area contributed by atoms with Gasteiger partial charge in [0.2, 0.25) is 5.91 Å². The van der Waals surface area contributed by atoms with E-state index in [1.165, 1.54) is 12.0 Å². The van der Waals surface area contributed by atoms with Crippen molar-refractivity contribution in [3.8, 4) is 0 Å². The highest BCUT2D eigenvalue weighted by Crippen LogP contribution is 2.25. The molecule has 1 fully saturated rings. The fraction of sp³-hybridized carbons (Fsp3) is 0.269. The number of benzene rings is 2. The smallest absolute Gasteiger partial charge is 0.338 e. The summed E-state index contributed by atoms with van der Waals surface area (Å²) in [7, 11) is 0. The zero-order valence-corrected chi connectivity index (χ0v) is 20.0. The molecular weight excluding hydrogens is 458 g/mol. The highest BCUT2D eigenvalue weighted by Gasteiger charge is 2.22. The lowest BCUT2D eigenvalue weighted by molar-refractivity contribution is -0.116. The van der Waals surface area contributed by atoms with Crippen LogP contribution in [0, 0.1) is 0 Å². The summed E-state index contributed by atoms with van der Waals surface area (Å²) in [5.41, 5.74) is 2.84. The third-order valence-corrected chi connectivity index (χ3v) is 6.09. The van der Waals surface area contributed by atoms with Crippen LogP contribution >= 0.6 is 0 Å². The summed E-state index contributed by atoms with van der Waals surface area (Å²) < 4.78 is 6.56. The van der Waals surface area contributed by atoms with Crippen LogP contribution in [-0.4, -0.2) is 64.4 Å². The van der Waals surface area contributed by atoms with Crippen LogP contribution in [-0.2, 0) is 16.1 Å². The van der Waals surface area contributed by atoms with Gasteiger partial charge in [-0.1, -0.05) is 18.2 Å². The van der Waals surface area contributed by atoms with Gasteiger partial charge in [0, 0.05) is 37.6 Å². The molecule has 36 heavy (non-hydrogen) atoms. The molecule has 2 aromatic carbocycles. The molecule has 0 saturated carbocycles. The van der Waals surface area contributed by atoms with Crippen molar-refractivity contribution in [1.82, 2.24) is 19.7 Å². The molecule has 0 atom stereocenters. The van der Waals surface area contributed by atoms with Gasteiger partial charge in [0.1, 0.15) is 18.7 Å². The Labute approximate surface area is 208 Å². The Morgan fingerprint density at radius 2 is 1.67 bits per heavy atom. The van der Waals surface area contributed by atoms with Crippen molar-refractivity contribution < 1.29 is 14.3 Å². The second-order valence-corrected chi connectivity index (χ2v) is 8.39. The van der Waals surface area contributed by atoms with Crippen LogP contribution in [0.2, 0.25) is 0 Å². The number of nitrogens with zero attached hydrogens (tertiary/aromatic N) is 6. The van der Waals surface area contributed by atoms with Crippen molar-refractivity contribution in [1.29, 1.82) is 0 Å². The van der Waals surface area contributed by atoms with Crippen LogP contribution in [0.3, 0.4) is 0 Å². The van der Waals surface area contributed by atoms with Crippen LogP contribution in [0.25, 0.3) is 11.0 Å². The first-order valence-electron chi connectivity index (χ1n) is 11.9. The molecule has 0 aliphatic carbocycles. The van der Waals surface area contributed by atoms with Gasteiger partial charge < -0.3 is 19.9 Å². The molecule has 0 unspecified atom stereocenters. The third kappa shape index (κ3) is 4.97. The predicted molar refractivity (Wildman–Crippen MR) is 137 cm³/mol. The van der Waals surface area contributed by atoms with Gasteiger partial charge >= 0.3 is 5.97 Å². The minimum atomic E-state index is -0.393. The van der Waals surface area contributed by atoms with E-state index in [0.29, 0.717) is 23.5 Å². The third-order valence-electron chi connectivity index (χ3n) is 6.09. The van der Waals surface area contributed by atoms with Crippen LogP contribution in [0.15, 0.2) is 67.1 Å². The molecule has 1 saturated heterocycles. The largest absolute Gasteiger partial charge is 0.462 e. The number of aromatic nitrogens is 4. The Morgan fingerprint density at radius 1 is 0.944 bits per heavy atom. The number of rotatable bonds is 7. The molecular formula is C26H27N7O3. The first-order chi connectivity index (χ1) is 17.6. The van der Waals surface area contributed by atoms with Gasteiger partial charge in [-0.3, -0.25) is 4.79 Å². The Kier molecular flexibility index (Phi) is 6.74. The van der Waals surface area contributed by atoms with Crippen molar-refractivity contribution >= 4 is 40.1 Å². The summed E-state index contributed by atoms with van der Waals surface area (Å²) >= 11 is 0. The fourth-order valence-corrected chi connectivity index (χ4v) is 4.30. The molecule has 0 spiro atoms. The molecule has 1 amide bonds. The lowest BCUT2D eigenvalue weighted by Gasteiger charge is -2.36. The van der Waals surface area contributed by atoms with Crippen molar-refractivity contribution in [3.63, 3.8) is 0 Å². The van der Waals surface area contributed by atoms with Crippen LogP contribution in [0.4, 0.5) is 17.2 Å². The molecule has 10 heteroatoms. The highest BCUT2D eigenvalue weighted by atomic mass is 16.5. The number of carbonyl (C=O) groups excluding carboxylic acids is 2.